The number of para-hydroxylation sites is 1. The number of carbonyl (C=O) groups excluding carboxylic acids is 1. The molecule has 34 heavy (non-hydrogen) atoms. The Morgan fingerprint density at radius 3 is 2.62 bits per heavy atom. The van der Waals surface area contributed by atoms with Crippen LogP contribution in [-0.4, -0.2) is 57.5 Å². The SMILES string of the molecule is CCOC(=O)CO[P@](=O)(OC[C@H]1O[C@@H](n2ccc(=O)[nH]c2=O)[C@](C)(Cl)[C@@H]1O)Oc1ccccc1. The lowest BCUT2D eigenvalue weighted by Gasteiger charge is -2.26. The van der Waals surface area contributed by atoms with Crippen LogP contribution in [0.15, 0.2) is 52.2 Å². The average molecular weight is 519 g/mol. The number of aromatic nitrogens is 2. The monoisotopic (exact) mass is 518 g/mol. The van der Waals surface area contributed by atoms with Crippen LogP contribution >= 0.6 is 19.4 Å². The predicted octanol–water partition coefficient (Wildman–Crippen LogP) is 1.58. The van der Waals surface area contributed by atoms with E-state index in [1.165, 1.54) is 25.3 Å². The van der Waals surface area contributed by atoms with Gasteiger partial charge in [0.1, 0.15) is 22.8 Å². The highest BCUT2D eigenvalue weighted by Gasteiger charge is 2.54. The number of ether oxygens (including phenoxy) is 2. The first-order valence-electron chi connectivity index (χ1n) is 10.2. The van der Waals surface area contributed by atoms with E-state index < -0.39 is 61.6 Å². The number of aliphatic hydroxyl groups is 1. The van der Waals surface area contributed by atoms with Gasteiger partial charge < -0.3 is 19.1 Å². The van der Waals surface area contributed by atoms with Crippen LogP contribution in [0.4, 0.5) is 0 Å². The van der Waals surface area contributed by atoms with Crippen LogP contribution in [0.5, 0.6) is 5.75 Å². The fourth-order valence-corrected chi connectivity index (χ4v) is 4.61. The summed E-state index contributed by atoms with van der Waals surface area (Å²) < 4.78 is 40.5. The molecule has 14 heteroatoms. The third kappa shape index (κ3) is 6.15. The van der Waals surface area contributed by atoms with E-state index >= 15 is 0 Å². The number of rotatable bonds is 10. The maximum atomic E-state index is 13.2. The maximum absolute atomic E-state index is 13.2. The third-order valence-electron chi connectivity index (χ3n) is 4.82. The summed E-state index contributed by atoms with van der Waals surface area (Å²) in [5, 5.41) is 10.7. The van der Waals surface area contributed by atoms with Crippen LogP contribution in [0.3, 0.4) is 0 Å². The summed E-state index contributed by atoms with van der Waals surface area (Å²) in [7, 11) is -4.40. The molecule has 1 fully saturated rings. The number of nitrogens with one attached hydrogen (secondary N) is 1. The number of nitrogens with zero attached hydrogens (tertiary/aromatic N) is 1. The summed E-state index contributed by atoms with van der Waals surface area (Å²) in [6.45, 7) is 1.87. The zero-order valence-corrected chi connectivity index (χ0v) is 19.9. The molecule has 1 aromatic carbocycles. The van der Waals surface area contributed by atoms with Gasteiger partial charge >= 0.3 is 19.5 Å². The molecule has 0 spiro atoms. The van der Waals surface area contributed by atoms with Gasteiger partial charge in [0.25, 0.3) is 5.56 Å². The number of alkyl halides is 1. The minimum absolute atomic E-state index is 0.0921. The summed E-state index contributed by atoms with van der Waals surface area (Å²) >= 11 is 6.47. The molecule has 1 aliphatic heterocycles. The molecule has 186 valence electrons. The molecule has 3 rings (SSSR count). The number of H-pyrrole nitrogens is 1. The standard InChI is InChI=1S/C20H24ClN2O10P/c1-3-29-16(25)12-31-34(28,33-13-7-5-4-6-8-13)30-11-14-17(26)20(2,21)18(32-14)23-10-9-15(24)22-19(23)27/h4-10,14,17-18,26H,3,11-12H2,1-2H3,(H,22,24,27)/t14-,17-,18-,20-,34+/m1/s1. The summed E-state index contributed by atoms with van der Waals surface area (Å²) in [6.07, 6.45) is -2.59. The van der Waals surface area contributed by atoms with Crippen LogP contribution < -0.4 is 15.8 Å². The molecule has 0 aliphatic carbocycles. The lowest BCUT2D eigenvalue weighted by Crippen LogP contribution is -2.43. The van der Waals surface area contributed by atoms with Gasteiger partial charge in [-0.2, -0.15) is 0 Å². The van der Waals surface area contributed by atoms with Crippen LogP contribution in [-0.2, 0) is 27.9 Å². The number of hydrogen-bond donors (Lipinski definition) is 2. The Morgan fingerprint density at radius 2 is 1.97 bits per heavy atom. The molecule has 0 unspecified atom stereocenters. The van der Waals surface area contributed by atoms with Crippen LogP contribution in [0.1, 0.15) is 20.1 Å². The van der Waals surface area contributed by atoms with Crippen LogP contribution in [0, 0.1) is 0 Å². The van der Waals surface area contributed by atoms with Crippen molar-refractivity contribution in [3.63, 3.8) is 0 Å². The second-order valence-electron chi connectivity index (χ2n) is 7.37. The fourth-order valence-electron chi connectivity index (χ4n) is 3.16. The number of aromatic amines is 1. The van der Waals surface area contributed by atoms with E-state index in [9.17, 15) is 24.1 Å². The molecule has 2 aromatic rings. The van der Waals surface area contributed by atoms with Gasteiger partial charge in [0, 0.05) is 12.3 Å². The number of aliphatic hydroxyl groups excluding tert-OH is 1. The van der Waals surface area contributed by atoms with E-state index in [1.807, 2.05) is 0 Å². The van der Waals surface area contributed by atoms with E-state index in [0.29, 0.717) is 0 Å². The van der Waals surface area contributed by atoms with Crippen molar-refractivity contribution in [3.05, 3.63) is 63.4 Å². The summed E-state index contributed by atoms with van der Waals surface area (Å²) in [5.41, 5.74) is -1.41. The topological polar surface area (TPSA) is 155 Å². The van der Waals surface area contributed by atoms with E-state index in [4.69, 9.17) is 34.6 Å². The number of halogens is 1. The number of phosphoric ester groups is 1. The number of hydrogen-bond acceptors (Lipinski definition) is 10. The van der Waals surface area contributed by atoms with Crippen molar-refractivity contribution < 1.29 is 37.5 Å². The van der Waals surface area contributed by atoms with E-state index in [0.717, 1.165) is 10.6 Å². The predicted molar refractivity (Wildman–Crippen MR) is 119 cm³/mol. The molecule has 1 saturated heterocycles. The van der Waals surface area contributed by atoms with E-state index in [1.54, 1.807) is 25.1 Å². The molecule has 1 aromatic heterocycles. The van der Waals surface area contributed by atoms with E-state index in [-0.39, 0.29) is 12.4 Å². The summed E-state index contributed by atoms with van der Waals surface area (Å²) in [6, 6.07) is 9.05. The number of phosphoric acid groups is 1. The molecule has 1 aliphatic rings. The summed E-state index contributed by atoms with van der Waals surface area (Å²) in [5.74, 6) is -0.645. The van der Waals surface area contributed by atoms with Gasteiger partial charge in [0.15, 0.2) is 12.8 Å². The first-order valence-corrected chi connectivity index (χ1v) is 12.0. The average Bonchev–Trinajstić information content (AvgIpc) is 3.01. The van der Waals surface area contributed by atoms with Gasteiger partial charge in [-0.3, -0.25) is 23.4 Å². The third-order valence-corrected chi connectivity index (χ3v) is 6.58. The van der Waals surface area contributed by atoms with Gasteiger partial charge in [-0.25, -0.2) is 14.2 Å². The minimum atomic E-state index is -4.40. The maximum Gasteiger partial charge on any atom is 0.530 e. The molecule has 5 atom stereocenters. The van der Waals surface area contributed by atoms with Crippen molar-refractivity contribution in [2.24, 2.45) is 0 Å². The Labute approximate surface area is 198 Å². The molecule has 0 amide bonds. The van der Waals surface area contributed by atoms with Crippen LogP contribution in [0.25, 0.3) is 0 Å². The Balaban J connectivity index is 1.76. The van der Waals surface area contributed by atoms with Crippen molar-refractivity contribution >= 4 is 25.4 Å². The quantitative estimate of drug-likeness (QED) is 0.269. The molecular weight excluding hydrogens is 495 g/mol. The first-order chi connectivity index (χ1) is 16.1. The number of benzene rings is 1. The normalized spacial score (nSPS) is 26.1. The Morgan fingerprint density at radius 1 is 1.26 bits per heavy atom. The smallest absolute Gasteiger partial charge is 0.464 e. The lowest BCUT2D eigenvalue weighted by molar-refractivity contribution is -0.146. The van der Waals surface area contributed by atoms with Gasteiger partial charge in [-0.05, 0) is 26.0 Å². The van der Waals surface area contributed by atoms with Crippen LogP contribution in [0.2, 0.25) is 0 Å². The van der Waals surface area contributed by atoms with Gasteiger partial charge in [0.2, 0.25) is 0 Å². The van der Waals surface area contributed by atoms with Crippen molar-refractivity contribution in [3.8, 4) is 5.75 Å². The molecule has 12 nitrogen and oxygen atoms in total. The van der Waals surface area contributed by atoms with Crippen molar-refractivity contribution in [2.45, 2.75) is 37.2 Å². The molecular formula is C20H24ClN2O10P. The second-order valence-corrected chi connectivity index (χ2v) is 9.77. The zero-order chi connectivity index (χ0) is 24.9. The Kier molecular flexibility index (Phi) is 8.34. The molecule has 0 bridgehead atoms. The number of esters is 1. The van der Waals surface area contributed by atoms with Crippen molar-refractivity contribution in [2.75, 3.05) is 19.8 Å². The highest BCUT2D eigenvalue weighted by Crippen LogP contribution is 2.51. The van der Waals surface area contributed by atoms with E-state index in [2.05, 4.69) is 4.98 Å². The highest BCUT2D eigenvalue weighted by molar-refractivity contribution is 7.49. The molecule has 0 saturated carbocycles. The van der Waals surface area contributed by atoms with Gasteiger partial charge in [-0.1, -0.05) is 18.2 Å². The lowest BCUT2D eigenvalue weighted by atomic mass is 10.0. The van der Waals surface area contributed by atoms with Crippen molar-refractivity contribution in [1.82, 2.24) is 9.55 Å². The van der Waals surface area contributed by atoms with Gasteiger partial charge in [-0.15, -0.1) is 11.6 Å². The molecule has 2 heterocycles. The Hall–Kier alpha value is -2.47. The first kappa shape index (κ1) is 26.1. The fraction of sp³-hybridized carbons (Fsp3) is 0.450. The minimum Gasteiger partial charge on any atom is -0.464 e. The molecule has 2 N–H and O–H groups in total. The summed E-state index contributed by atoms with van der Waals surface area (Å²) in [4.78, 5) is 35.8. The molecule has 0 radical (unpaired) electrons. The number of carbonyl (C=O) groups is 1. The van der Waals surface area contributed by atoms with Crippen molar-refractivity contribution in [1.29, 1.82) is 0 Å². The highest BCUT2D eigenvalue weighted by atomic mass is 35.5. The Bertz CT molecular complexity index is 1150. The zero-order valence-electron chi connectivity index (χ0n) is 18.3. The van der Waals surface area contributed by atoms with Gasteiger partial charge in [0.05, 0.1) is 13.2 Å². The largest absolute Gasteiger partial charge is 0.530 e. The second kappa shape index (κ2) is 10.9.